The number of carbonyl (C=O) groups excluding carboxylic acids is 1. The third-order valence-corrected chi connectivity index (χ3v) is 14.8. The molecule has 5 aromatic rings. The number of piperazine rings is 1. The minimum absolute atomic E-state index is 0.0488. The number of aryl methyl sites for hydroxylation is 1. The predicted octanol–water partition coefficient (Wildman–Crippen LogP) is 4.12. The molecule has 1 aliphatic heterocycles. The Morgan fingerprint density at radius 1 is 0.909 bits per heavy atom. The van der Waals surface area contributed by atoms with Gasteiger partial charge in [0.1, 0.15) is 48.8 Å². The number of rotatable bonds is 22. The summed E-state index contributed by atoms with van der Waals surface area (Å²) in [6.45, 7) is 9.40. The molecule has 0 saturated carbocycles. The Hall–Kier alpha value is -5.26. The number of aromatic nitrogens is 4. The van der Waals surface area contributed by atoms with Crippen molar-refractivity contribution in [3.05, 3.63) is 116 Å². The molecule has 19 nitrogen and oxygen atoms in total. The first kappa shape index (κ1) is 50.2. The number of hydrogen-bond acceptors (Lipinski definition) is 15. The van der Waals surface area contributed by atoms with Gasteiger partial charge in [-0.3, -0.25) is 28.5 Å². The summed E-state index contributed by atoms with van der Waals surface area (Å²) in [4.78, 5) is 20.9. The van der Waals surface area contributed by atoms with E-state index < -0.39 is 37.3 Å². The maximum atomic E-state index is 12.7. The molecule has 22 heteroatoms. The Kier molecular flexibility index (Phi) is 17.5. The zero-order valence-electron chi connectivity index (χ0n) is 36.7. The molecule has 0 unspecified atom stereocenters. The van der Waals surface area contributed by atoms with E-state index >= 15 is 0 Å². The van der Waals surface area contributed by atoms with E-state index in [0.29, 0.717) is 28.2 Å². The minimum Gasteiger partial charge on any atom is -0.488 e. The van der Waals surface area contributed by atoms with Gasteiger partial charge < -0.3 is 29.7 Å². The molecule has 352 valence electrons. The number of ether oxygens (including phenoxy) is 3. The van der Waals surface area contributed by atoms with Gasteiger partial charge in [-0.1, -0.05) is 35.5 Å². The van der Waals surface area contributed by atoms with Gasteiger partial charge >= 0.3 is 0 Å². The van der Waals surface area contributed by atoms with Gasteiger partial charge in [-0.15, -0.1) is 5.10 Å². The Labute approximate surface area is 398 Å². The van der Waals surface area contributed by atoms with E-state index in [9.17, 15) is 36.0 Å². The molecule has 0 radical (unpaired) electrons. The number of nitriles is 1. The van der Waals surface area contributed by atoms with Gasteiger partial charge in [0.2, 0.25) is 10.5 Å². The second-order valence-electron chi connectivity index (χ2n) is 15.8. The summed E-state index contributed by atoms with van der Waals surface area (Å²) in [7, 11) is -8.85. The number of halogens is 1. The largest absolute Gasteiger partial charge is 0.488 e. The zero-order valence-corrected chi connectivity index (χ0v) is 40.5. The fraction of sp³-hybridized carbons (Fsp3) is 0.386. The molecular weight excluding hydrogens is 1010 g/mol. The number of hydrogen-bond donors (Lipinski definition) is 4. The Morgan fingerprint density at radius 3 is 2.33 bits per heavy atom. The van der Waals surface area contributed by atoms with Crippen LogP contribution in [0.3, 0.4) is 0 Å². The summed E-state index contributed by atoms with van der Waals surface area (Å²) in [5.74, 6) is 0.900. The van der Waals surface area contributed by atoms with E-state index in [0.717, 1.165) is 88.5 Å². The third kappa shape index (κ3) is 14.1. The minimum atomic E-state index is -5.23. The number of carbonyl (C=O) groups is 1. The second-order valence-corrected chi connectivity index (χ2v) is 20.5. The molecule has 1 saturated heterocycles. The molecule has 0 spiro atoms. The average molecular weight is 1060 g/mol. The maximum absolute atomic E-state index is 12.7. The van der Waals surface area contributed by atoms with Crippen molar-refractivity contribution in [3.63, 3.8) is 0 Å². The third-order valence-electron chi connectivity index (χ3n) is 10.9. The number of likely N-dealkylation sites (N-methyl/N-ethyl adjacent to an activating group) is 1. The van der Waals surface area contributed by atoms with Crippen LogP contribution in [0.25, 0.3) is 11.1 Å². The average Bonchev–Trinajstić information content (AvgIpc) is 3.73. The molecule has 0 atom stereocenters. The van der Waals surface area contributed by atoms with Crippen LogP contribution >= 0.6 is 22.6 Å². The van der Waals surface area contributed by atoms with Crippen molar-refractivity contribution in [3.8, 4) is 34.4 Å². The van der Waals surface area contributed by atoms with Crippen LogP contribution in [-0.2, 0) is 57.9 Å². The van der Waals surface area contributed by atoms with Gasteiger partial charge in [0, 0.05) is 75.4 Å². The lowest BCUT2D eigenvalue weighted by molar-refractivity contribution is -0.121. The molecule has 1 amide bonds. The number of nitrogens with zero attached hydrogens (tertiary/aromatic N) is 7. The molecule has 2 aromatic heterocycles. The molecule has 1 aliphatic rings. The van der Waals surface area contributed by atoms with Crippen molar-refractivity contribution in [2.24, 2.45) is 0 Å². The fourth-order valence-electron chi connectivity index (χ4n) is 7.35. The predicted molar refractivity (Wildman–Crippen MR) is 253 cm³/mol. The number of pyridine rings is 1. The van der Waals surface area contributed by atoms with Crippen LogP contribution in [0, 0.1) is 28.7 Å². The zero-order chi connectivity index (χ0) is 47.4. The van der Waals surface area contributed by atoms with Gasteiger partial charge in [0.05, 0.1) is 28.4 Å². The maximum Gasteiger partial charge on any atom is 0.286 e. The van der Waals surface area contributed by atoms with Crippen molar-refractivity contribution in [1.82, 2.24) is 40.4 Å². The molecule has 0 bridgehead atoms. The normalized spacial score (nSPS) is 13.4. The second kappa shape index (κ2) is 23.0. The fourth-order valence-corrected chi connectivity index (χ4v) is 9.85. The van der Waals surface area contributed by atoms with E-state index in [1.54, 1.807) is 30.3 Å². The van der Waals surface area contributed by atoms with Crippen LogP contribution in [0.5, 0.6) is 17.2 Å². The summed E-state index contributed by atoms with van der Waals surface area (Å²) in [5.41, 5.74) is 7.38. The van der Waals surface area contributed by atoms with Gasteiger partial charge in [-0.2, -0.15) is 22.1 Å². The van der Waals surface area contributed by atoms with Crippen molar-refractivity contribution in [2.75, 3.05) is 52.9 Å². The van der Waals surface area contributed by atoms with Crippen molar-refractivity contribution in [1.29, 1.82) is 5.26 Å². The summed E-state index contributed by atoms with van der Waals surface area (Å²) >= 11 is 2.15. The highest BCUT2D eigenvalue weighted by Crippen LogP contribution is 2.36. The first-order valence-electron chi connectivity index (χ1n) is 20.9. The highest BCUT2D eigenvalue weighted by molar-refractivity contribution is 14.1. The van der Waals surface area contributed by atoms with E-state index in [1.807, 2.05) is 55.1 Å². The highest BCUT2D eigenvalue weighted by Gasteiger charge is 2.36. The molecule has 4 N–H and O–H groups in total. The Morgan fingerprint density at radius 2 is 1.61 bits per heavy atom. The van der Waals surface area contributed by atoms with Crippen LogP contribution in [0.1, 0.15) is 45.5 Å². The van der Waals surface area contributed by atoms with Crippen LogP contribution in [0.2, 0.25) is 0 Å². The van der Waals surface area contributed by atoms with E-state index in [4.69, 9.17) is 14.2 Å². The van der Waals surface area contributed by atoms with Gasteiger partial charge in [0.15, 0.2) is 0 Å². The molecule has 3 aromatic carbocycles. The van der Waals surface area contributed by atoms with Crippen LogP contribution in [0.15, 0.2) is 73.2 Å². The molecule has 3 heterocycles. The van der Waals surface area contributed by atoms with Gasteiger partial charge in [0.25, 0.3) is 20.2 Å². The van der Waals surface area contributed by atoms with Crippen LogP contribution in [-0.4, -0.2) is 119 Å². The van der Waals surface area contributed by atoms with E-state index in [2.05, 4.69) is 71.6 Å². The topological polar surface area (TPSA) is 251 Å². The Bertz CT molecular complexity index is 2730. The van der Waals surface area contributed by atoms with Crippen molar-refractivity contribution >= 4 is 48.7 Å². The Balaban J connectivity index is 1.13. The van der Waals surface area contributed by atoms with Gasteiger partial charge in [-0.25, -0.2) is 0 Å². The van der Waals surface area contributed by atoms with Crippen LogP contribution in [0.4, 0.5) is 0 Å². The van der Waals surface area contributed by atoms with Crippen molar-refractivity contribution in [2.45, 2.75) is 57.8 Å². The standard InChI is InChI=1S/C44H52IN9O10S2/c1-30-34(7-4-8-37(30)38-9-5-10-40(31(38)2)64-29-36-25-54(51-50-36)14-6-13-53-15-11-47-12-16-53)28-63-42-19-41(62-27-33-17-32(20-46)21-48-22-33)35(18-39(42)45)24-52(3)26-43(55)49-23-44(65(56,57)58)66(59,60)61/h4-5,7-10,17-19,21-22,25,44,47H,6,11-16,23-24,26-29H2,1-3H3,(H,49,55)(H,56,57,58)(H,59,60,61). The summed E-state index contributed by atoms with van der Waals surface area (Å²) < 4.78 is 83.5. The first-order chi connectivity index (χ1) is 31.5. The lowest BCUT2D eigenvalue weighted by Crippen LogP contribution is -2.44. The molecule has 66 heavy (non-hydrogen) atoms. The monoisotopic (exact) mass is 1060 g/mol. The SMILES string of the molecule is Cc1c(COc2cc(OCc3cncc(C#N)c3)c(CN(C)CC(=O)NCC(S(=O)(=O)O)S(=O)(=O)O)cc2I)cccc1-c1cccc(OCc2cn(CCCN3CCNCC3)nn2)c1C. The van der Waals surface area contributed by atoms with Crippen LogP contribution < -0.4 is 24.8 Å². The van der Waals surface area contributed by atoms with Gasteiger partial charge in [-0.05, 0) is 95.9 Å². The number of benzene rings is 3. The molecular formula is C44H52IN9O10S2. The number of nitrogens with one attached hydrogen (secondary N) is 2. The van der Waals surface area contributed by atoms with Crippen molar-refractivity contribution < 1.29 is 44.9 Å². The highest BCUT2D eigenvalue weighted by atomic mass is 127. The molecule has 6 rings (SSSR count). The molecule has 1 fully saturated rings. The lowest BCUT2D eigenvalue weighted by Gasteiger charge is -2.26. The lowest BCUT2D eigenvalue weighted by atomic mass is 9.93. The molecule has 0 aliphatic carbocycles. The summed E-state index contributed by atoms with van der Waals surface area (Å²) in [6.07, 6.45) is 5.96. The van der Waals surface area contributed by atoms with E-state index in [1.165, 1.54) is 6.20 Å². The summed E-state index contributed by atoms with van der Waals surface area (Å²) in [5, 5.41) is 23.5. The van der Waals surface area contributed by atoms with E-state index in [-0.39, 0.29) is 32.9 Å². The quantitative estimate of drug-likeness (QED) is 0.0562. The first-order valence-corrected chi connectivity index (χ1v) is 25.0. The number of amides is 1. The smallest absolute Gasteiger partial charge is 0.286 e. The summed E-state index contributed by atoms with van der Waals surface area (Å²) in [6, 6.07) is 19.3.